The first-order chi connectivity index (χ1) is 9.44. The number of anilines is 1. The molecule has 2 heterocycles. The smallest absolute Gasteiger partial charge is 0.152 e. The highest BCUT2D eigenvalue weighted by Gasteiger charge is 2.30. The van der Waals surface area contributed by atoms with Crippen LogP contribution in [0.25, 0.3) is 11.3 Å². The lowest BCUT2D eigenvalue weighted by Crippen LogP contribution is -2.14. The standard InChI is InChI=1S/C13H14ClN3O2S/c14-10-3-1-9(2-4-10)12-7-13(15)17(16-12)11-5-6-20(18,19)8-11/h1-4,7,11H,5-6,8,15H2. The Balaban J connectivity index is 1.93. The Bertz CT molecular complexity index is 737. The van der Waals surface area contributed by atoms with Crippen molar-refractivity contribution in [1.82, 2.24) is 9.78 Å². The van der Waals surface area contributed by atoms with Crippen molar-refractivity contribution in [2.75, 3.05) is 17.2 Å². The van der Waals surface area contributed by atoms with Gasteiger partial charge in [0.25, 0.3) is 0 Å². The van der Waals surface area contributed by atoms with Crippen molar-refractivity contribution < 1.29 is 8.42 Å². The fourth-order valence-electron chi connectivity index (χ4n) is 2.43. The van der Waals surface area contributed by atoms with Crippen LogP contribution in [0.2, 0.25) is 5.02 Å². The molecule has 5 nitrogen and oxygen atoms in total. The van der Waals surface area contributed by atoms with Crippen LogP contribution < -0.4 is 5.73 Å². The number of hydrogen-bond donors (Lipinski definition) is 1. The third kappa shape index (κ3) is 2.53. The van der Waals surface area contributed by atoms with E-state index in [0.29, 0.717) is 17.3 Å². The summed E-state index contributed by atoms with van der Waals surface area (Å²) >= 11 is 5.85. The molecule has 0 saturated carbocycles. The zero-order chi connectivity index (χ0) is 14.3. The molecular weight excluding hydrogens is 298 g/mol. The second-order valence-corrected chi connectivity index (χ2v) is 7.63. The fourth-order valence-corrected chi connectivity index (χ4v) is 4.25. The van der Waals surface area contributed by atoms with E-state index in [1.165, 1.54) is 0 Å². The molecule has 0 aliphatic carbocycles. The minimum Gasteiger partial charge on any atom is -0.384 e. The van der Waals surface area contributed by atoms with Gasteiger partial charge in [-0.1, -0.05) is 23.7 Å². The summed E-state index contributed by atoms with van der Waals surface area (Å²) in [5.74, 6) is 0.795. The van der Waals surface area contributed by atoms with Crippen LogP contribution in [0.3, 0.4) is 0 Å². The molecule has 20 heavy (non-hydrogen) atoms. The van der Waals surface area contributed by atoms with E-state index < -0.39 is 9.84 Å². The third-order valence-electron chi connectivity index (χ3n) is 3.46. The van der Waals surface area contributed by atoms with E-state index in [1.807, 2.05) is 12.1 Å². The second-order valence-electron chi connectivity index (χ2n) is 4.96. The van der Waals surface area contributed by atoms with Crippen LogP contribution in [0.5, 0.6) is 0 Å². The van der Waals surface area contributed by atoms with Crippen LogP contribution in [0.15, 0.2) is 30.3 Å². The van der Waals surface area contributed by atoms with Crippen LogP contribution in [-0.2, 0) is 9.84 Å². The molecule has 1 aliphatic rings. The molecule has 2 aromatic rings. The molecule has 0 amide bonds. The molecule has 7 heteroatoms. The number of halogens is 1. The quantitative estimate of drug-likeness (QED) is 0.921. The van der Waals surface area contributed by atoms with E-state index in [-0.39, 0.29) is 17.5 Å². The number of rotatable bonds is 2. The molecule has 1 aromatic heterocycles. The molecule has 1 saturated heterocycles. The molecule has 1 atom stereocenters. The topological polar surface area (TPSA) is 78.0 Å². The van der Waals surface area contributed by atoms with Gasteiger partial charge in [0, 0.05) is 16.7 Å². The zero-order valence-corrected chi connectivity index (χ0v) is 12.2. The Morgan fingerprint density at radius 2 is 2.00 bits per heavy atom. The summed E-state index contributed by atoms with van der Waals surface area (Å²) in [5.41, 5.74) is 7.59. The van der Waals surface area contributed by atoms with Crippen LogP contribution in [-0.4, -0.2) is 29.7 Å². The van der Waals surface area contributed by atoms with Gasteiger partial charge < -0.3 is 5.73 Å². The van der Waals surface area contributed by atoms with Crippen molar-refractivity contribution in [3.63, 3.8) is 0 Å². The molecular formula is C13H14ClN3O2S. The first kappa shape index (κ1) is 13.5. The maximum atomic E-state index is 11.5. The lowest BCUT2D eigenvalue weighted by molar-refractivity contribution is 0.508. The lowest BCUT2D eigenvalue weighted by Gasteiger charge is -2.09. The first-order valence-corrected chi connectivity index (χ1v) is 8.46. The molecule has 1 fully saturated rings. The van der Waals surface area contributed by atoms with E-state index in [4.69, 9.17) is 17.3 Å². The Labute approximate surface area is 122 Å². The van der Waals surface area contributed by atoms with Crippen molar-refractivity contribution in [3.05, 3.63) is 35.4 Å². The lowest BCUT2D eigenvalue weighted by atomic mass is 10.1. The maximum absolute atomic E-state index is 11.5. The molecule has 2 N–H and O–H groups in total. The van der Waals surface area contributed by atoms with Crippen LogP contribution >= 0.6 is 11.6 Å². The van der Waals surface area contributed by atoms with E-state index >= 15 is 0 Å². The number of aromatic nitrogens is 2. The fraction of sp³-hybridized carbons (Fsp3) is 0.308. The highest BCUT2D eigenvalue weighted by Crippen LogP contribution is 2.29. The zero-order valence-electron chi connectivity index (χ0n) is 10.7. The van der Waals surface area contributed by atoms with Crippen LogP contribution in [0, 0.1) is 0 Å². The molecule has 1 unspecified atom stereocenters. The number of nitrogen functional groups attached to an aromatic ring is 1. The average Bonchev–Trinajstić information content (AvgIpc) is 2.93. The normalized spacial score (nSPS) is 21.1. The highest BCUT2D eigenvalue weighted by molar-refractivity contribution is 7.91. The summed E-state index contributed by atoms with van der Waals surface area (Å²) in [7, 11) is -2.96. The Morgan fingerprint density at radius 1 is 1.30 bits per heavy atom. The maximum Gasteiger partial charge on any atom is 0.152 e. The first-order valence-electron chi connectivity index (χ1n) is 6.26. The molecule has 0 radical (unpaired) electrons. The SMILES string of the molecule is Nc1cc(-c2ccc(Cl)cc2)nn1C1CCS(=O)(=O)C1. The van der Waals surface area contributed by atoms with Crippen LogP contribution in [0.1, 0.15) is 12.5 Å². The minimum absolute atomic E-state index is 0.110. The molecule has 106 valence electrons. The van der Waals surface area contributed by atoms with Gasteiger partial charge in [0.1, 0.15) is 5.82 Å². The van der Waals surface area contributed by atoms with Crippen molar-refractivity contribution in [1.29, 1.82) is 0 Å². The monoisotopic (exact) mass is 311 g/mol. The van der Waals surface area contributed by atoms with Gasteiger partial charge in [-0.15, -0.1) is 0 Å². The van der Waals surface area contributed by atoms with E-state index in [0.717, 1.165) is 11.3 Å². The summed E-state index contributed by atoms with van der Waals surface area (Å²) in [6, 6.07) is 8.88. The number of sulfone groups is 1. The number of nitrogens with zero attached hydrogens (tertiary/aromatic N) is 2. The highest BCUT2D eigenvalue weighted by atomic mass is 35.5. The largest absolute Gasteiger partial charge is 0.384 e. The molecule has 0 bridgehead atoms. The van der Waals surface area contributed by atoms with Crippen molar-refractivity contribution in [2.45, 2.75) is 12.5 Å². The van der Waals surface area contributed by atoms with Gasteiger partial charge in [-0.2, -0.15) is 5.10 Å². The molecule has 1 aromatic carbocycles. The Kier molecular flexibility index (Phi) is 3.22. The van der Waals surface area contributed by atoms with Crippen LogP contribution in [0.4, 0.5) is 5.82 Å². The van der Waals surface area contributed by atoms with Gasteiger partial charge in [-0.05, 0) is 18.6 Å². The van der Waals surface area contributed by atoms with Gasteiger partial charge in [-0.25, -0.2) is 13.1 Å². The van der Waals surface area contributed by atoms with E-state index in [9.17, 15) is 8.42 Å². The Hall–Kier alpha value is -1.53. The van der Waals surface area contributed by atoms with Gasteiger partial charge >= 0.3 is 0 Å². The molecule has 0 spiro atoms. The summed E-state index contributed by atoms with van der Waals surface area (Å²) in [5, 5.41) is 5.10. The second kappa shape index (κ2) is 4.79. The van der Waals surface area contributed by atoms with Gasteiger partial charge in [-0.3, -0.25) is 0 Å². The molecule has 3 rings (SSSR count). The van der Waals surface area contributed by atoms with Crippen molar-refractivity contribution in [3.8, 4) is 11.3 Å². The Morgan fingerprint density at radius 3 is 2.60 bits per heavy atom. The van der Waals surface area contributed by atoms with E-state index in [2.05, 4.69) is 5.10 Å². The summed E-state index contributed by atoms with van der Waals surface area (Å²) in [6.45, 7) is 0. The number of benzene rings is 1. The predicted octanol–water partition coefficient (Wildman–Crippen LogP) is 2.15. The van der Waals surface area contributed by atoms with Gasteiger partial charge in [0.2, 0.25) is 0 Å². The van der Waals surface area contributed by atoms with E-state index in [1.54, 1.807) is 22.9 Å². The predicted molar refractivity (Wildman–Crippen MR) is 79.4 cm³/mol. The number of hydrogen-bond acceptors (Lipinski definition) is 4. The minimum atomic E-state index is -2.96. The van der Waals surface area contributed by atoms with Crippen molar-refractivity contribution >= 4 is 27.3 Å². The average molecular weight is 312 g/mol. The molecule has 1 aliphatic heterocycles. The summed E-state index contributed by atoms with van der Waals surface area (Å²) < 4.78 is 24.7. The number of nitrogens with two attached hydrogens (primary N) is 1. The van der Waals surface area contributed by atoms with Gasteiger partial charge in [0.15, 0.2) is 9.84 Å². The third-order valence-corrected chi connectivity index (χ3v) is 5.46. The van der Waals surface area contributed by atoms with Crippen molar-refractivity contribution in [2.24, 2.45) is 0 Å². The van der Waals surface area contributed by atoms with Gasteiger partial charge in [0.05, 0.1) is 23.2 Å². The summed E-state index contributed by atoms with van der Waals surface area (Å²) in [6.07, 6.45) is 0.564. The summed E-state index contributed by atoms with van der Waals surface area (Å²) in [4.78, 5) is 0.